The monoisotopic (exact) mass is 718 g/mol. The predicted molar refractivity (Wildman–Crippen MR) is 176 cm³/mol. The molecule has 2 heterocycles. The van der Waals surface area contributed by atoms with E-state index in [4.69, 9.17) is 20.8 Å². The molecule has 0 spiro atoms. The van der Waals surface area contributed by atoms with Gasteiger partial charge >= 0.3 is 5.97 Å². The number of methoxy groups -OCH3 is 1. The first-order valence-corrected chi connectivity index (χ1v) is 17.8. The average molecular weight is 719 g/mol. The molecule has 0 fully saturated rings. The highest BCUT2D eigenvalue weighted by Crippen LogP contribution is 2.41. The number of aliphatic hydroxyl groups excluding tert-OH is 1. The van der Waals surface area contributed by atoms with Crippen molar-refractivity contribution in [1.82, 2.24) is 4.31 Å². The Kier molecular flexibility index (Phi) is 10.0. The van der Waals surface area contributed by atoms with Gasteiger partial charge < -0.3 is 24.2 Å². The molecule has 5 aromatic rings. The van der Waals surface area contributed by atoms with E-state index in [1.165, 1.54) is 80.1 Å². The number of sulfonamides is 2. The Bertz CT molecular complexity index is 2110. The molecule has 1 unspecified atom stereocenters. The second-order valence-corrected chi connectivity index (χ2v) is 15.3. The zero-order chi connectivity index (χ0) is 33.9. The van der Waals surface area contributed by atoms with E-state index in [1.54, 1.807) is 12.1 Å². The molecule has 0 aliphatic rings. The number of anilines is 1. The van der Waals surface area contributed by atoms with Crippen LogP contribution < -0.4 is 9.04 Å². The predicted octanol–water partition coefficient (Wildman–Crippen LogP) is 4.85. The largest absolute Gasteiger partial charge is 0.497 e. The van der Waals surface area contributed by atoms with Crippen LogP contribution in [0.15, 0.2) is 99.3 Å². The zero-order valence-electron chi connectivity index (χ0n) is 24.5. The first-order chi connectivity index (χ1) is 22.4. The van der Waals surface area contributed by atoms with Gasteiger partial charge in [-0.05, 0) is 78.9 Å². The van der Waals surface area contributed by atoms with Crippen LogP contribution in [0.1, 0.15) is 4.88 Å². The van der Waals surface area contributed by atoms with Gasteiger partial charge in [0.25, 0.3) is 10.0 Å². The Balaban J connectivity index is 1.58. The van der Waals surface area contributed by atoms with E-state index in [0.717, 1.165) is 19.9 Å². The SMILES string of the molecule is COc1ccc(S(=O)(=O)N(Cc2cc3c(N(CC(=O)O)S(=O)(=O)c4ccc(-c5ccco5)cc4)ccc(Cl)c3s2)C(C=O)CO)cc1. The summed E-state index contributed by atoms with van der Waals surface area (Å²) in [6, 6.07) is 17.4. The number of aldehydes is 1. The molecule has 0 saturated heterocycles. The summed E-state index contributed by atoms with van der Waals surface area (Å²) in [4.78, 5) is 23.9. The molecule has 5 rings (SSSR count). The topological polar surface area (TPSA) is 172 Å². The van der Waals surface area contributed by atoms with E-state index >= 15 is 0 Å². The van der Waals surface area contributed by atoms with Crippen molar-refractivity contribution in [3.05, 3.63) is 95.0 Å². The molecule has 1 atom stereocenters. The number of carboxylic acid groups (broad SMARTS) is 1. The van der Waals surface area contributed by atoms with Crippen molar-refractivity contribution in [3.8, 4) is 17.1 Å². The molecular formula is C31H27ClN2O10S3. The molecule has 246 valence electrons. The number of nitrogens with zero attached hydrogens (tertiary/aromatic N) is 2. The van der Waals surface area contributed by atoms with Gasteiger partial charge in [0.1, 0.15) is 30.4 Å². The highest BCUT2D eigenvalue weighted by Gasteiger charge is 2.33. The summed E-state index contributed by atoms with van der Waals surface area (Å²) < 4.78 is 67.6. The number of hydrogen-bond donors (Lipinski definition) is 2. The lowest BCUT2D eigenvalue weighted by Gasteiger charge is -2.26. The summed E-state index contributed by atoms with van der Waals surface area (Å²) in [6.07, 6.45) is 1.79. The molecule has 2 aromatic heterocycles. The Labute approximate surface area is 279 Å². The number of aliphatic hydroxyl groups is 1. The molecule has 0 saturated carbocycles. The van der Waals surface area contributed by atoms with E-state index < -0.39 is 51.8 Å². The number of rotatable bonds is 14. The fraction of sp³-hybridized carbons (Fsp3) is 0.161. The van der Waals surface area contributed by atoms with Gasteiger partial charge in [0.15, 0.2) is 0 Å². The van der Waals surface area contributed by atoms with Crippen molar-refractivity contribution in [2.75, 3.05) is 24.6 Å². The van der Waals surface area contributed by atoms with Crippen LogP contribution in [0.3, 0.4) is 0 Å². The lowest BCUT2D eigenvalue weighted by molar-refractivity contribution is -0.135. The number of carboxylic acids is 1. The van der Waals surface area contributed by atoms with Gasteiger partial charge in [-0.3, -0.25) is 9.10 Å². The van der Waals surface area contributed by atoms with Gasteiger partial charge in [-0.1, -0.05) is 11.6 Å². The van der Waals surface area contributed by atoms with Crippen molar-refractivity contribution < 1.29 is 45.8 Å². The van der Waals surface area contributed by atoms with Crippen molar-refractivity contribution in [1.29, 1.82) is 0 Å². The fourth-order valence-electron chi connectivity index (χ4n) is 4.83. The molecule has 0 aliphatic carbocycles. The maximum atomic E-state index is 13.9. The maximum absolute atomic E-state index is 13.9. The molecule has 12 nitrogen and oxygen atoms in total. The number of carbonyl (C=O) groups is 2. The summed E-state index contributed by atoms with van der Waals surface area (Å²) >= 11 is 7.53. The standard InChI is InChI=1S/C31H27ClN2O10S3/c1-43-22-6-10-25(11-7-22)46(39,40)33(21(18-35)19-36)16-23-15-26-28(13-12-27(32)31(26)45-23)34(17-30(37)38)47(41,42)24-8-4-20(5-9-24)29-3-2-14-44-29/h2-15,18,21,36H,16-17,19H2,1H3,(H,37,38). The second kappa shape index (κ2) is 13.9. The second-order valence-electron chi connectivity index (χ2n) is 10.0. The number of furan rings is 1. The number of ether oxygens (including phenoxy) is 1. The molecule has 0 aliphatic heterocycles. The van der Waals surface area contributed by atoms with Gasteiger partial charge in [0, 0.05) is 22.4 Å². The number of fused-ring (bicyclic) bond motifs is 1. The minimum absolute atomic E-state index is 0.0110. The lowest BCUT2D eigenvalue weighted by atomic mass is 10.2. The number of hydrogen-bond acceptors (Lipinski definition) is 10. The van der Waals surface area contributed by atoms with Crippen LogP contribution in [-0.4, -0.2) is 69.9 Å². The third-order valence-electron chi connectivity index (χ3n) is 7.15. The van der Waals surface area contributed by atoms with Gasteiger partial charge in [0.05, 0.1) is 45.2 Å². The van der Waals surface area contributed by atoms with Crippen LogP contribution in [0.2, 0.25) is 5.02 Å². The van der Waals surface area contributed by atoms with Crippen LogP contribution in [0.5, 0.6) is 5.75 Å². The number of aliphatic carboxylic acids is 1. The van der Waals surface area contributed by atoms with Crippen LogP contribution in [0, 0.1) is 0 Å². The Hall–Kier alpha value is -4.25. The first-order valence-electron chi connectivity index (χ1n) is 13.7. The van der Waals surface area contributed by atoms with Crippen LogP contribution >= 0.6 is 22.9 Å². The third kappa shape index (κ3) is 6.90. The number of benzene rings is 3. The maximum Gasteiger partial charge on any atom is 0.324 e. The van der Waals surface area contributed by atoms with E-state index in [0.29, 0.717) is 32.9 Å². The summed E-state index contributed by atoms with van der Waals surface area (Å²) in [5.74, 6) is -0.499. The Morgan fingerprint density at radius 1 is 1.00 bits per heavy atom. The number of carbonyl (C=O) groups excluding carboxylic acids is 1. The summed E-state index contributed by atoms with van der Waals surface area (Å²) in [5, 5.41) is 20.1. The van der Waals surface area contributed by atoms with E-state index in [1.807, 2.05) is 0 Å². The quantitative estimate of drug-likeness (QED) is 0.151. The number of thiophene rings is 1. The minimum Gasteiger partial charge on any atom is -0.497 e. The fourth-order valence-corrected chi connectivity index (χ4v) is 9.24. The normalized spacial score (nSPS) is 12.7. The zero-order valence-corrected chi connectivity index (χ0v) is 27.7. The third-order valence-corrected chi connectivity index (χ3v) is 12.4. The smallest absolute Gasteiger partial charge is 0.324 e. The van der Waals surface area contributed by atoms with Crippen molar-refractivity contribution in [2.45, 2.75) is 22.4 Å². The van der Waals surface area contributed by atoms with Crippen LogP contribution in [0.4, 0.5) is 5.69 Å². The first kappa shape index (κ1) is 34.1. The Morgan fingerprint density at radius 3 is 2.23 bits per heavy atom. The van der Waals surface area contributed by atoms with E-state index in [-0.39, 0.29) is 25.9 Å². The van der Waals surface area contributed by atoms with Crippen LogP contribution in [0.25, 0.3) is 21.4 Å². The highest BCUT2D eigenvalue weighted by molar-refractivity contribution is 7.93. The highest BCUT2D eigenvalue weighted by atomic mass is 35.5. The lowest BCUT2D eigenvalue weighted by Crippen LogP contribution is -2.42. The molecule has 2 N–H and O–H groups in total. The van der Waals surface area contributed by atoms with Crippen molar-refractivity contribution in [2.24, 2.45) is 0 Å². The summed E-state index contributed by atoms with van der Waals surface area (Å²) in [5.41, 5.74) is 0.601. The van der Waals surface area contributed by atoms with Gasteiger partial charge in [-0.2, -0.15) is 4.31 Å². The molecular weight excluding hydrogens is 692 g/mol. The summed E-state index contributed by atoms with van der Waals surface area (Å²) in [7, 11) is -7.38. The van der Waals surface area contributed by atoms with Gasteiger partial charge in [0.2, 0.25) is 10.0 Å². The Morgan fingerprint density at radius 2 is 1.66 bits per heavy atom. The van der Waals surface area contributed by atoms with Crippen molar-refractivity contribution in [3.63, 3.8) is 0 Å². The molecule has 0 amide bonds. The van der Waals surface area contributed by atoms with Crippen molar-refractivity contribution >= 4 is 71.0 Å². The molecule has 0 radical (unpaired) electrons. The average Bonchev–Trinajstić information content (AvgIpc) is 3.76. The molecule has 16 heteroatoms. The molecule has 0 bridgehead atoms. The van der Waals surface area contributed by atoms with Gasteiger partial charge in [-0.15, -0.1) is 11.3 Å². The van der Waals surface area contributed by atoms with E-state index in [9.17, 15) is 36.6 Å². The molecule has 47 heavy (non-hydrogen) atoms. The van der Waals surface area contributed by atoms with E-state index in [2.05, 4.69) is 0 Å². The minimum atomic E-state index is -4.45. The molecule has 3 aromatic carbocycles. The summed E-state index contributed by atoms with van der Waals surface area (Å²) in [6.45, 7) is -2.13. The number of halogens is 1. The van der Waals surface area contributed by atoms with Crippen LogP contribution in [-0.2, 0) is 36.2 Å². The van der Waals surface area contributed by atoms with Gasteiger partial charge in [-0.25, -0.2) is 16.8 Å².